The summed E-state index contributed by atoms with van der Waals surface area (Å²) in [5.74, 6) is -0.106. The number of hydroxylamine groups is 1. The van der Waals surface area contributed by atoms with Crippen LogP contribution >= 0.6 is 11.8 Å². The Labute approximate surface area is 165 Å². The Morgan fingerprint density at radius 2 is 1.81 bits per heavy atom. The van der Waals surface area contributed by atoms with Crippen molar-refractivity contribution in [3.05, 3.63) is 24.3 Å². The van der Waals surface area contributed by atoms with Crippen LogP contribution in [0, 0.1) is 0 Å². The summed E-state index contributed by atoms with van der Waals surface area (Å²) in [6.45, 7) is 3.86. The summed E-state index contributed by atoms with van der Waals surface area (Å²) in [6, 6.07) is 7.81. The lowest BCUT2D eigenvalue weighted by Crippen LogP contribution is -2.58. The number of rotatable bonds is 8. The molecule has 152 valence electrons. The molecule has 0 bridgehead atoms. The van der Waals surface area contributed by atoms with Crippen LogP contribution in [0.4, 0.5) is 0 Å². The van der Waals surface area contributed by atoms with Crippen molar-refractivity contribution in [2.75, 3.05) is 19.3 Å². The normalized spacial score (nSPS) is 16.9. The molecule has 0 aliphatic carbocycles. The van der Waals surface area contributed by atoms with Gasteiger partial charge in [0, 0.05) is 18.0 Å². The van der Waals surface area contributed by atoms with E-state index in [1.54, 1.807) is 25.6 Å². The van der Waals surface area contributed by atoms with E-state index in [4.69, 9.17) is 9.94 Å². The molecule has 1 aromatic carbocycles. The van der Waals surface area contributed by atoms with Crippen molar-refractivity contribution in [1.82, 2.24) is 9.79 Å². The second-order valence-electron chi connectivity index (χ2n) is 6.54. The molecule has 0 unspecified atom stereocenters. The summed E-state index contributed by atoms with van der Waals surface area (Å²) in [5, 5.41) is 9.03. The van der Waals surface area contributed by atoms with E-state index in [-0.39, 0.29) is 32.0 Å². The van der Waals surface area contributed by atoms with Gasteiger partial charge in [0.1, 0.15) is 11.9 Å². The van der Waals surface area contributed by atoms with E-state index in [9.17, 15) is 13.2 Å². The van der Waals surface area contributed by atoms with Gasteiger partial charge in [0.05, 0.1) is 0 Å². The summed E-state index contributed by atoms with van der Waals surface area (Å²) >= 11 is 1.66. The number of nitrogens with zero attached hydrogens (tertiary/aromatic N) is 1. The lowest BCUT2D eigenvalue weighted by Gasteiger charge is -2.38. The van der Waals surface area contributed by atoms with Gasteiger partial charge in [0.25, 0.3) is 5.91 Å². The van der Waals surface area contributed by atoms with E-state index in [2.05, 4.69) is 0 Å². The zero-order valence-electron chi connectivity index (χ0n) is 16.0. The number of thioether (sulfide) groups is 1. The number of benzene rings is 1. The van der Waals surface area contributed by atoms with Crippen LogP contribution in [0.2, 0.25) is 0 Å². The number of nitrogens with one attached hydrogen (secondary N) is 1. The lowest BCUT2D eigenvalue weighted by atomic mass is 10.0. The van der Waals surface area contributed by atoms with Crippen LogP contribution in [0.1, 0.15) is 39.5 Å². The molecule has 1 aromatic rings. The van der Waals surface area contributed by atoms with Gasteiger partial charge >= 0.3 is 0 Å². The van der Waals surface area contributed by atoms with E-state index in [1.165, 1.54) is 9.79 Å². The van der Waals surface area contributed by atoms with Crippen LogP contribution < -0.4 is 10.2 Å². The van der Waals surface area contributed by atoms with Gasteiger partial charge in [-0.2, -0.15) is 0 Å². The molecule has 1 aliphatic heterocycles. The second kappa shape index (κ2) is 9.27. The number of hydrogen-bond acceptors (Lipinski definition) is 6. The average molecular weight is 417 g/mol. The largest absolute Gasteiger partial charge is 0.490 e. The summed E-state index contributed by atoms with van der Waals surface area (Å²) < 4.78 is 31.9. The van der Waals surface area contributed by atoms with Crippen molar-refractivity contribution in [2.24, 2.45) is 0 Å². The number of sulfonamides is 1. The Morgan fingerprint density at radius 3 is 2.26 bits per heavy atom. The number of carbonyl (C=O) groups is 1. The first-order chi connectivity index (χ1) is 12.8. The van der Waals surface area contributed by atoms with E-state index in [0.717, 1.165) is 10.6 Å². The Morgan fingerprint density at radius 1 is 1.26 bits per heavy atom. The predicted molar refractivity (Wildman–Crippen MR) is 106 cm³/mol. The molecule has 0 aromatic heterocycles. The lowest BCUT2D eigenvalue weighted by molar-refractivity contribution is -0.132. The smallest absolute Gasteiger partial charge is 0.266 e. The van der Waals surface area contributed by atoms with Crippen molar-refractivity contribution >= 4 is 27.7 Å². The van der Waals surface area contributed by atoms with Crippen LogP contribution in [0.25, 0.3) is 0 Å². The topological polar surface area (TPSA) is 95.9 Å². The highest BCUT2D eigenvalue weighted by atomic mass is 32.2. The van der Waals surface area contributed by atoms with Gasteiger partial charge in [-0.25, -0.2) is 18.2 Å². The van der Waals surface area contributed by atoms with Gasteiger partial charge in [-0.1, -0.05) is 13.8 Å². The Bertz CT molecular complexity index is 725. The summed E-state index contributed by atoms with van der Waals surface area (Å²) in [5.41, 5.74) is 1.53. The number of hydrogen-bond donors (Lipinski definition) is 2. The number of carbonyl (C=O) groups excluding carboxylic acids is 1. The quantitative estimate of drug-likeness (QED) is 0.384. The minimum atomic E-state index is -3.90. The molecule has 0 atom stereocenters. The van der Waals surface area contributed by atoms with Gasteiger partial charge in [-0.15, -0.1) is 11.8 Å². The Kier molecular flexibility index (Phi) is 7.55. The maximum atomic E-state index is 13.1. The SMILES string of the molecule is CCC(CC)(C(=O)NO)S(=O)(=O)N1CCC(Oc2ccc(SC)cc2)CC1. The molecule has 0 radical (unpaired) electrons. The fraction of sp³-hybridized carbons (Fsp3) is 0.611. The highest BCUT2D eigenvalue weighted by Crippen LogP contribution is 2.32. The van der Waals surface area contributed by atoms with Crippen LogP contribution in [-0.4, -0.2) is 54.0 Å². The van der Waals surface area contributed by atoms with Gasteiger partial charge in [0.2, 0.25) is 10.0 Å². The predicted octanol–water partition coefficient (Wildman–Crippen LogP) is 2.65. The standard InChI is InChI=1S/C18H28N2O5S2/c1-4-18(5-2,17(21)19-22)27(23,24)20-12-10-15(11-13-20)25-14-6-8-16(26-3)9-7-14/h6-9,15,22H,4-5,10-13H2,1-3H3,(H,19,21). The fourth-order valence-electron chi connectivity index (χ4n) is 3.44. The first-order valence-electron chi connectivity index (χ1n) is 9.09. The van der Waals surface area contributed by atoms with Gasteiger partial charge in [0.15, 0.2) is 4.75 Å². The summed E-state index contributed by atoms with van der Waals surface area (Å²) in [6.07, 6.45) is 3.23. The van der Waals surface area contributed by atoms with Gasteiger partial charge in [-0.3, -0.25) is 10.0 Å². The fourth-order valence-corrected chi connectivity index (χ4v) is 6.04. The highest BCUT2D eigenvalue weighted by molar-refractivity contribution is 7.98. The van der Waals surface area contributed by atoms with Crippen molar-refractivity contribution in [2.45, 2.75) is 55.3 Å². The molecule has 1 amide bonds. The van der Waals surface area contributed by atoms with E-state index in [1.807, 2.05) is 30.5 Å². The highest BCUT2D eigenvalue weighted by Gasteiger charge is 2.51. The van der Waals surface area contributed by atoms with Crippen LogP contribution in [0.15, 0.2) is 29.2 Å². The second-order valence-corrected chi connectivity index (χ2v) is 9.67. The first kappa shape index (κ1) is 22.0. The molecule has 9 heteroatoms. The summed E-state index contributed by atoms with van der Waals surface area (Å²) in [4.78, 5) is 13.3. The maximum absolute atomic E-state index is 13.1. The third-order valence-corrected chi connectivity index (χ3v) is 8.79. The monoisotopic (exact) mass is 416 g/mol. The first-order valence-corrected chi connectivity index (χ1v) is 11.8. The molecular weight excluding hydrogens is 388 g/mol. The molecule has 1 aliphatic rings. The minimum absolute atomic E-state index is 0.0686. The molecule has 1 fully saturated rings. The van der Waals surface area contributed by atoms with Crippen molar-refractivity contribution in [1.29, 1.82) is 0 Å². The third-order valence-electron chi connectivity index (χ3n) is 5.25. The third kappa shape index (κ3) is 4.42. The van der Waals surface area contributed by atoms with E-state index in [0.29, 0.717) is 12.8 Å². The number of ether oxygens (including phenoxy) is 1. The van der Waals surface area contributed by atoms with Crippen molar-refractivity contribution < 1.29 is 23.2 Å². The molecule has 1 saturated heterocycles. The van der Waals surface area contributed by atoms with E-state index >= 15 is 0 Å². The molecule has 0 spiro atoms. The Hall–Kier alpha value is -1.29. The number of amides is 1. The zero-order valence-corrected chi connectivity index (χ0v) is 17.6. The van der Waals surface area contributed by atoms with Crippen molar-refractivity contribution in [3.63, 3.8) is 0 Å². The molecule has 27 heavy (non-hydrogen) atoms. The molecule has 0 saturated carbocycles. The Balaban J connectivity index is 2.05. The van der Waals surface area contributed by atoms with Crippen LogP contribution in [0.3, 0.4) is 0 Å². The van der Waals surface area contributed by atoms with Gasteiger partial charge in [-0.05, 0) is 56.2 Å². The molecule has 7 nitrogen and oxygen atoms in total. The summed E-state index contributed by atoms with van der Waals surface area (Å²) in [7, 11) is -3.90. The maximum Gasteiger partial charge on any atom is 0.266 e. The molecule has 2 N–H and O–H groups in total. The molecular formula is C18H28N2O5S2. The van der Waals surface area contributed by atoms with Crippen molar-refractivity contribution in [3.8, 4) is 5.75 Å². The molecule has 2 rings (SSSR count). The average Bonchev–Trinajstić information content (AvgIpc) is 2.70. The van der Waals surface area contributed by atoms with Crippen LogP contribution in [0.5, 0.6) is 5.75 Å². The van der Waals surface area contributed by atoms with E-state index < -0.39 is 20.7 Å². The minimum Gasteiger partial charge on any atom is -0.490 e. The number of piperidine rings is 1. The van der Waals surface area contributed by atoms with Crippen LogP contribution in [-0.2, 0) is 14.8 Å². The van der Waals surface area contributed by atoms with Gasteiger partial charge < -0.3 is 4.74 Å². The zero-order chi connectivity index (χ0) is 20.1. The molecule has 1 heterocycles.